The van der Waals surface area contributed by atoms with Gasteiger partial charge in [0.1, 0.15) is 17.5 Å². The molecule has 120 valence electrons. The van der Waals surface area contributed by atoms with Gasteiger partial charge in [-0.25, -0.2) is 26.3 Å². The van der Waals surface area contributed by atoms with Crippen LogP contribution in [0.25, 0.3) is 0 Å². The fourth-order valence-electron chi connectivity index (χ4n) is 2.16. The topological polar surface area (TPSA) is 72.2 Å². The zero-order valence-electron chi connectivity index (χ0n) is 11.2. The largest absolute Gasteiger partial charge is 0.329 e. The summed E-state index contributed by atoms with van der Waals surface area (Å²) in [6.07, 6.45) is 1.59. The number of hydrogen-bond acceptors (Lipinski definition) is 3. The van der Waals surface area contributed by atoms with Gasteiger partial charge in [-0.05, 0) is 25.7 Å². The van der Waals surface area contributed by atoms with Gasteiger partial charge in [-0.3, -0.25) is 0 Å². The summed E-state index contributed by atoms with van der Waals surface area (Å²) in [5, 5.41) is 0. The average molecular weight is 345 g/mol. The van der Waals surface area contributed by atoms with E-state index in [0.29, 0.717) is 12.1 Å². The molecule has 1 fully saturated rings. The van der Waals surface area contributed by atoms with Crippen molar-refractivity contribution in [2.24, 2.45) is 11.7 Å². The van der Waals surface area contributed by atoms with Crippen LogP contribution >= 0.6 is 12.4 Å². The molecule has 1 aromatic carbocycles. The van der Waals surface area contributed by atoms with Crippen molar-refractivity contribution in [1.82, 2.24) is 4.72 Å². The number of hydrogen-bond donors (Lipinski definition) is 2. The van der Waals surface area contributed by atoms with Crippen LogP contribution in [0.5, 0.6) is 0 Å². The summed E-state index contributed by atoms with van der Waals surface area (Å²) >= 11 is 0. The summed E-state index contributed by atoms with van der Waals surface area (Å²) < 4.78 is 66.5. The van der Waals surface area contributed by atoms with E-state index in [0.717, 1.165) is 12.8 Å². The van der Waals surface area contributed by atoms with Gasteiger partial charge in [0.25, 0.3) is 0 Å². The van der Waals surface area contributed by atoms with Crippen molar-refractivity contribution in [3.63, 3.8) is 0 Å². The van der Waals surface area contributed by atoms with Crippen molar-refractivity contribution in [3.05, 3.63) is 29.6 Å². The van der Waals surface area contributed by atoms with Gasteiger partial charge in [0, 0.05) is 24.2 Å². The first-order valence-electron chi connectivity index (χ1n) is 6.08. The first-order chi connectivity index (χ1) is 9.19. The third kappa shape index (κ3) is 3.68. The van der Waals surface area contributed by atoms with Crippen LogP contribution in [0, 0.1) is 23.4 Å². The lowest BCUT2D eigenvalue weighted by Crippen LogP contribution is -2.53. The molecule has 4 nitrogen and oxygen atoms in total. The maximum atomic E-state index is 13.6. The van der Waals surface area contributed by atoms with Crippen LogP contribution in [0.3, 0.4) is 0 Å². The number of nitrogens with two attached hydrogens (primary N) is 1. The minimum atomic E-state index is -4.46. The molecular weight excluding hydrogens is 329 g/mol. The molecule has 1 aromatic rings. The fourth-order valence-corrected chi connectivity index (χ4v) is 3.75. The van der Waals surface area contributed by atoms with E-state index in [9.17, 15) is 21.6 Å². The SMILES string of the molecule is CC(CN)(NS(=O)(=O)c1c(F)cc(F)cc1F)C1CC1.Cl. The van der Waals surface area contributed by atoms with Crippen molar-refractivity contribution < 1.29 is 21.6 Å². The predicted molar refractivity (Wildman–Crippen MR) is 74.1 cm³/mol. The van der Waals surface area contributed by atoms with Crippen LogP contribution in [0.1, 0.15) is 19.8 Å². The molecule has 0 bridgehead atoms. The predicted octanol–water partition coefficient (Wildman–Crippen LogP) is 1.93. The molecule has 1 saturated carbocycles. The second-order valence-electron chi connectivity index (χ2n) is 5.20. The van der Waals surface area contributed by atoms with Crippen molar-refractivity contribution in [2.75, 3.05) is 6.54 Å². The first kappa shape index (κ1) is 18.2. The third-order valence-corrected chi connectivity index (χ3v) is 5.16. The molecule has 1 atom stereocenters. The molecular formula is C12H16ClF3N2O2S. The van der Waals surface area contributed by atoms with Crippen molar-refractivity contribution in [1.29, 1.82) is 0 Å². The molecule has 0 spiro atoms. The Morgan fingerprint density at radius 1 is 1.29 bits per heavy atom. The van der Waals surface area contributed by atoms with Crippen LogP contribution in [0.4, 0.5) is 13.2 Å². The van der Waals surface area contributed by atoms with E-state index in [-0.39, 0.29) is 24.9 Å². The van der Waals surface area contributed by atoms with E-state index in [1.807, 2.05) is 0 Å². The molecule has 9 heteroatoms. The lowest BCUT2D eigenvalue weighted by Gasteiger charge is -2.29. The number of nitrogens with one attached hydrogen (secondary N) is 1. The Hall–Kier alpha value is -0.830. The Kier molecular flexibility index (Phi) is 5.31. The first-order valence-corrected chi connectivity index (χ1v) is 7.56. The highest BCUT2D eigenvalue weighted by atomic mass is 35.5. The minimum Gasteiger partial charge on any atom is -0.329 e. The maximum Gasteiger partial charge on any atom is 0.246 e. The molecule has 1 aliphatic carbocycles. The second-order valence-corrected chi connectivity index (χ2v) is 6.82. The summed E-state index contributed by atoms with van der Waals surface area (Å²) in [7, 11) is -4.46. The van der Waals surface area contributed by atoms with Crippen LogP contribution in [-0.2, 0) is 10.0 Å². The van der Waals surface area contributed by atoms with Crippen molar-refractivity contribution >= 4 is 22.4 Å². The second kappa shape index (κ2) is 6.12. The summed E-state index contributed by atoms with van der Waals surface area (Å²) in [6, 6.07) is 0.656. The summed E-state index contributed by atoms with van der Waals surface area (Å²) in [4.78, 5) is -1.18. The minimum absolute atomic E-state index is 0. The van der Waals surface area contributed by atoms with Gasteiger partial charge in [0.05, 0.1) is 0 Å². The van der Waals surface area contributed by atoms with E-state index in [1.54, 1.807) is 6.92 Å². The lowest BCUT2D eigenvalue weighted by atomic mass is 9.98. The van der Waals surface area contributed by atoms with Gasteiger partial charge in [-0.2, -0.15) is 0 Å². The van der Waals surface area contributed by atoms with Gasteiger partial charge in [-0.1, -0.05) is 0 Å². The fraction of sp³-hybridized carbons (Fsp3) is 0.500. The molecule has 0 saturated heterocycles. The van der Waals surface area contributed by atoms with Crippen LogP contribution in [0.2, 0.25) is 0 Å². The van der Waals surface area contributed by atoms with E-state index in [4.69, 9.17) is 5.73 Å². The monoisotopic (exact) mass is 344 g/mol. The van der Waals surface area contributed by atoms with E-state index < -0.39 is 37.9 Å². The molecule has 1 aliphatic rings. The zero-order valence-corrected chi connectivity index (χ0v) is 12.8. The quantitative estimate of drug-likeness (QED) is 0.857. The number of halogens is 4. The molecule has 0 heterocycles. The van der Waals surface area contributed by atoms with Gasteiger partial charge in [0.15, 0.2) is 4.90 Å². The molecule has 2 rings (SSSR count). The van der Waals surface area contributed by atoms with Crippen molar-refractivity contribution in [2.45, 2.75) is 30.2 Å². The molecule has 0 amide bonds. The zero-order chi connectivity index (χ0) is 15.1. The lowest BCUT2D eigenvalue weighted by molar-refractivity contribution is 0.371. The average Bonchev–Trinajstić information content (AvgIpc) is 3.09. The highest BCUT2D eigenvalue weighted by Crippen LogP contribution is 2.40. The number of benzene rings is 1. The normalized spacial score (nSPS) is 18.0. The van der Waals surface area contributed by atoms with Crippen LogP contribution in [-0.4, -0.2) is 20.5 Å². The van der Waals surface area contributed by atoms with Gasteiger partial charge in [-0.15, -0.1) is 12.4 Å². The highest BCUT2D eigenvalue weighted by molar-refractivity contribution is 7.89. The Morgan fingerprint density at radius 2 is 1.76 bits per heavy atom. The third-order valence-electron chi connectivity index (χ3n) is 3.50. The molecule has 0 aliphatic heterocycles. The van der Waals surface area contributed by atoms with Gasteiger partial charge < -0.3 is 5.73 Å². The summed E-state index contributed by atoms with van der Waals surface area (Å²) in [6.45, 7) is 1.59. The molecule has 3 N–H and O–H groups in total. The summed E-state index contributed by atoms with van der Waals surface area (Å²) in [5.74, 6) is -4.08. The number of sulfonamides is 1. The highest BCUT2D eigenvalue weighted by Gasteiger charge is 2.44. The smallest absolute Gasteiger partial charge is 0.246 e. The van der Waals surface area contributed by atoms with E-state index in [1.165, 1.54) is 0 Å². The molecule has 0 aromatic heterocycles. The standard InChI is InChI=1S/C12H15F3N2O2S.ClH/c1-12(6-16,7-2-3-7)17-20(18,19)11-9(14)4-8(13)5-10(11)15;/h4-5,7,17H,2-3,6,16H2,1H3;1H. The van der Waals surface area contributed by atoms with E-state index in [2.05, 4.69) is 4.72 Å². The van der Waals surface area contributed by atoms with Crippen molar-refractivity contribution in [3.8, 4) is 0 Å². The Bertz CT molecular complexity index is 614. The van der Waals surface area contributed by atoms with E-state index >= 15 is 0 Å². The molecule has 21 heavy (non-hydrogen) atoms. The Balaban J connectivity index is 0.00000220. The Morgan fingerprint density at radius 3 is 2.14 bits per heavy atom. The maximum absolute atomic E-state index is 13.6. The van der Waals surface area contributed by atoms with Crippen LogP contribution in [0.15, 0.2) is 17.0 Å². The number of rotatable bonds is 5. The Labute approximate surface area is 127 Å². The van der Waals surface area contributed by atoms with Crippen LogP contribution < -0.4 is 10.5 Å². The molecule has 1 unspecified atom stereocenters. The summed E-state index contributed by atoms with van der Waals surface area (Å²) in [5.41, 5.74) is 4.59. The molecule has 0 radical (unpaired) electrons. The van der Waals surface area contributed by atoms with Gasteiger partial charge >= 0.3 is 0 Å². The van der Waals surface area contributed by atoms with Gasteiger partial charge in [0.2, 0.25) is 10.0 Å².